The van der Waals surface area contributed by atoms with Gasteiger partial charge in [0.25, 0.3) is 5.91 Å². The fraction of sp³-hybridized carbons (Fsp3) is 0.130. The van der Waals surface area contributed by atoms with Gasteiger partial charge in [-0.25, -0.2) is 4.99 Å². The third-order valence-electron chi connectivity index (χ3n) is 5.03. The van der Waals surface area contributed by atoms with E-state index in [1.807, 2.05) is 66.1 Å². The molecule has 1 amide bonds. The van der Waals surface area contributed by atoms with Crippen LogP contribution in [0, 0.1) is 5.92 Å². The lowest BCUT2D eigenvalue weighted by Crippen LogP contribution is -2.23. The number of hydrogen-bond donors (Lipinski definition) is 0. The molecule has 3 aromatic rings. The summed E-state index contributed by atoms with van der Waals surface area (Å²) in [5, 5.41) is 11.6. The normalized spacial score (nSPS) is 18.0. The number of amides is 1. The Labute approximate surface area is 182 Å². The van der Waals surface area contributed by atoms with Crippen LogP contribution in [-0.4, -0.2) is 26.4 Å². The molecule has 7 heteroatoms. The van der Waals surface area contributed by atoms with E-state index in [-0.39, 0.29) is 11.8 Å². The van der Waals surface area contributed by atoms with Crippen LogP contribution in [0.25, 0.3) is 16.3 Å². The third-order valence-corrected chi connectivity index (χ3v) is 6.98. The van der Waals surface area contributed by atoms with Crippen molar-refractivity contribution in [1.29, 1.82) is 0 Å². The second kappa shape index (κ2) is 8.01. The second-order valence-corrected chi connectivity index (χ2v) is 8.73. The van der Waals surface area contributed by atoms with E-state index in [1.165, 1.54) is 11.8 Å². The molecule has 0 bridgehead atoms. The van der Waals surface area contributed by atoms with E-state index in [9.17, 15) is 4.79 Å². The Morgan fingerprint density at radius 3 is 2.73 bits per heavy atom. The monoisotopic (exact) mass is 430 g/mol. The molecule has 1 aliphatic carbocycles. The van der Waals surface area contributed by atoms with Gasteiger partial charge < -0.3 is 4.57 Å². The molecule has 5 nitrogen and oxygen atoms in total. The van der Waals surface area contributed by atoms with Crippen LogP contribution in [0.1, 0.15) is 12.5 Å². The van der Waals surface area contributed by atoms with Crippen molar-refractivity contribution in [3.8, 4) is 10.7 Å². The van der Waals surface area contributed by atoms with Crippen LogP contribution in [-0.2, 0) is 11.3 Å². The number of carbonyl (C=O) groups excluding carboxylic acids is 1. The van der Waals surface area contributed by atoms with Gasteiger partial charge in [0.1, 0.15) is 0 Å². The quantitative estimate of drug-likeness (QED) is 0.554. The SMILES string of the molecule is CCn1c(SC2=C(c3ccccc3)C3C=CC=CC3=NC2=O)nnc1-c1cccs1. The lowest BCUT2D eigenvalue weighted by Gasteiger charge is -2.26. The predicted molar refractivity (Wildman–Crippen MR) is 122 cm³/mol. The Morgan fingerprint density at radius 2 is 1.97 bits per heavy atom. The number of aromatic nitrogens is 3. The van der Waals surface area contributed by atoms with Crippen molar-refractivity contribution >= 4 is 40.3 Å². The number of aliphatic imine (C=N–C) groups is 1. The van der Waals surface area contributed by atoms with E-state index in [1.54, 1.807) is 11.3 Å². The Kier molecular flexibility index (Phi) is 5.06. The summed E-state index contributed by atoms with van der Waals surface area (Å²) in [6, 6.07) is 14.1. The first-order valence-corrected chi connectivity index (χ1v) is 11.4. The first kappa shape index (κ1) is 19.0. The van der Waals surface area contributed by atoms with Crippen LogP contribution in [0.5, 0.6) is 0 Å². The molecule has 2 aliphatic rings. The molecule has 148 valence electrons. The molecule has 0 saturated carbocycles. The molecule has 1 aromatic carbocycles. The smallest absolute Gasteiger partial charge is 0.284 e. The molecule has 0 spiro atoms. The summed E-state index contributed by atoms with van der Waals surface area (Å²) in [5.74, 6) is 0.547. The van der Waals surface area contributed by atoms with Crippen LogP contribution in [0.15, 0.2) is 87.2 Å². The standard InChI is InChI=1S/C23H18N4OS2/c1-2-27-21(18-13-8-14-29-18)25-26-23(27)30-20-19(15-9-4-3-5-10-15)16-11-6-7-12-17(16)24-22(20)28/h3-14,16H,2H2,1H3. The van der Waals surface area contributed by atoms with Crippen LogP contribution in [0.4, 0.5) is 0 Å². The third kappa shape index (κ3) is 3.30. The van der Waals surface area contributed by atoms with Gasteiger partial charge in [0.2, 0.25) is 0 Å². The Balaban J connectivity index is 1.63. The molecule has 0 N–H and O–H groups in total. The molecule has 3 heterocycles. The van der Waals surface area contributed by atoms with Gasteiger partial charge in [0.15, 0.2) is 11.0 Å². The molecule has 0 saturated heterocycles. The maximum Gasteiger partial charge on any atom is 0.284 e. The average molecular weight is 431 g/mol. The van der Waals surface area contributed by atoms with E-state index in [0.29, 0.717) is 16.6 Å². The highest BCUT2D eigenvalue weighted by molar-refractivity contribution is 8.04. The number of nitrogens with zero attached hydrogens (tertiary/aromatic N) is 4. The molecule has 2 aromatic heterocycles. The first-order chi connectivity index (χ1) is 14.8. The van der Waals surface area contributed by atoms with Crippen LogP contribution in [0.2, 0.25) is 0 Å². The van der Waals surface area contributed by atoms with Gasteiger partial charge in [-0.05, 0) is 47.3 Å². The summed E-state index contributed by atoms with van der Waals surface area (Å²) >= 11 is 2.99. The summed E-state index contributed by atoms with van der Waals surface area (Å²) in [6.07, 6.45) is 7.94. The van der Waals surface area contributed by atoms with E-state index in [2.05, 4.69) is 32.8 Å². The zero-order chi connectivity index (χ0) is 20.5. The van der Waals surface area contributed by atoms with Gasteiger partial charge in [-0.1, -0.05) is 54.6 Å². The average Bonchev–Trinajstić information content (AvgIpc) is 3.44. The second-order valence-electron chi connectivity index (χ2n) is 6.80. The zero-order valence-electron chi connectivity index (χ0n) is 16.2. The Hall–Kier alpha value is -3.03. The molecular formula is C23H18N4OS2. The van der Waals surface area contributed by atoms with E-state index < -0.39 is 0 Å². The molecule has 1 aliphatic heterocycles. The topological polar surface area (TPSA) is 60.1 Å². The van der Waals surface area contributed by atoms with Crippen molar-refractivity contribution < 1.29 is 4.79 Å². The summed E-state index contributed by atoms with van der Waals surface area (Å²) in [7, 11) is 0. The number of thiophene rings is 1. The Morgan fingerprint density at radius 1 is 1.10 bits per heavy atom. The van der Waals surface area contributed by atoms with E-state index >= 15 is 0 Å². The van der Waals surface area contributed by atoms with Gasteiger partial charge in [-0.2, -0.15) is 0 Å². The maximum absolute atomic E-state index is 13.1. The lowest BCUT2D eigenvalue weighted by molar-refractivity contribution is -0.113. The van der Waals surface area contributed by atoms with Crippen molar-refractivity contribution in [1.82, 2.24) is 14.8 Å². The molecule has 30 heavy (non-hydrogen) atoms. The minimum atomic E-state index is -0.228. The highest BCUT2D eigenvalue weighted by Gasteiger charge is 2.32. The summed E-state index contributed by atoms with van der Waals surface area (Å²) in [6.45, 7) is 2.77. The number of fused-ring (bicyclic) bond motifs is 1. The van der Waals surface area contributed by atoms with Crippen molar-refractivity contribution in [2.24, 2.45) is 10.9 Å². The largest absolute Gasteiger partial charge is 0.301 e. The molecule has 1 atom stereocenters. The maximum atomic E-state index is 13.1. The number of dihydropyridines is 1. The molecule has 1 unspecified atom stereocenters. The summed E-state index contributed by atoms with van der Waals surface area (Å²) in [4.78, 5) is 19.1. The number of hydrogen-bond acceptors (Lipinski definition) is 5. The molecule has 0 radical (unpaired) electrons. The van der Waals surface area contributed by atoms with Crippen LogP contribution < -0.4 is 0 Å². The van der Waals surface area contributed by atoms with E-state index in [4.69, 9.17) is 0 Å². The van der Waals surface area contributed by atoms with Crippen LogP contribution in [0.3, 0.4) is 0 Å². The van der Waals surface area contributed by atoms with E-state index in [0.717, 1.165) is 27.5 Å². The molecular weight excluding hydrogens is 412 g/mol. The molecule has 5 rings (SSSR count). The number of allylic oxidation sites excluding steroid dienone is 5. The number of carbonyl (C=O) groups is 1. The van der Waals surface area contributed by atoms with Gasteiger partial charge in [-0.3, -0.25) is 4.79 Å². The van der Waals surface area contributed by atoms with Gasteiger partial charge >= 0.3 is 0 Å². The first-order valence-electron chi connectivity index (χ1n) is 9.68. The molecule has 0 fully saturated rings. The summed E-state index contributed by atoms with van der Waals surface area (Å²) in [5.41, 5.74) is 2.77. The van der Waals surface area contributed by atoms with Gasteiger partial charge in [0, 0.05) is 12.5 Å². The van der Waals surface area contributed by atoms with Crippen molar-refractivity contribution in [2.75, 3.05) is 0 Å². The highest BCUT2D eigenvalue weighted by Crippen LogP contribution is 2.42. The highest BCUT2D eigenvalue weighted by atomic mass is 32.2. The number of benzene rings is 1. The minimum Gasteiger partial charge on any atom is -0.301 e. The van der Waals surface area contributed by atoms with Crippen LogP contribution >= 0.6 is 23.1 Å². The van der Waals surface area contributed by atoms with Crippen molar-refractivity contribution in [3.05, 3.63) is 82.6 Å². The van der Waals surface area contributed by atoms with Crippen molar-refractivity contribution in [3.63, 3.8) is 0 Å². The fourth-order valence-corrected chi connectivity index (χ4v) is 5.46. The Bertz CT molecular complexity index is 1220. The fourth-order valence-electron chi connectivity index (χ4n) is 3.66. The predicted octanol–water partition coefficient (Wildman–Crippen LogP) is 5.25. The summed E-state index contributed by atoms with van der Waals surface area (Å²) < 4.78 is 2.05. The number of rotatable bonds is 5. The number of thioether (sulfide) groups is 1. The zero-order valence-corrected chi connectivity index (χ0v) is 17.9. The minimum absolute atomic E-state index is 0.0487. The van der Waals surface area contributed by atoms with Crippen molar-refractivity contribution in [2.45, 2.75) is 18.6 Å². The van der Waals surface area contributed by atoms with Gasteiger partial charge in [-0.15, -0.1) is 21.5 Å². The van der Waals surface area contributed by atoms with Gasteiger partial charge in [0.05, 0.1) is 15.5 Å². The lowest BCUT2D eigenvalue weighted by atomic mass is 9.84.